The molecule has 0 spiro atoms. The molecule has 0 heterocycles. The van der Waals surface area contributed by atoms with Crippen molar-refractivity contribution in [2.45, 2.75) is 6.10 Å². The summed E-state index contributed by atoms with van der Waals surface area (Å²) in [6, 6.07) is 14.9. The Bertz CT molecular complexity index is 482. The van der Waals surface area contributed by atoms with Crippen molar-refractivity contribution in [1.29, 1.82) is 0 Å². The minimum absolute atomic E-state index is 0.609. The average molecular weight is 278 g/mol. The van der Waals surface area contributed by atoms with Crippen LogP contribution < -0.4 is 5.73 Å². The molecule has 1 unspecified atom stereocenters. The van der Waals surface area contributed by atoms with Crippen LogP contribution in [-0.2, 0) is 0 Å². The van der Waals surface area contributed by atoms with Crippen LogP contribution in [0.3, 0.4) is 0 Å². The number of aliphatic hydroxyl groups is 1. The Morgan fingerprint density at radius 3 is 2.25 bits per heavy atom. The molecule has 0 aliphatic heterocycles. The zero-order valence-electron chi connectivity index (χ0n) is 8.60. The molecular formula is C13H12BrNO. The second-order valence-electron chi connectivity index (χ2n) is 3.58. The summed E-state index contributed by atoms with van der Waals surface area (Å²) in [5.74, 6) is 0. The fourth-order valence-corrected chi connectivity index (χ4v) is 1.85. The van der Waals surface area contributed by atoms with Crippen molar-refractivity contribution in [1.82, 2.24) is 0 Å². The zero-order chi connectivity index (χ0) is 11.5. The fourth-order valence-electron chi connectivity index (χ4n) is 1.58. The maximum absolute atomic E-state index is 10.2. The first-order valence-electron chi connectivity index (χ1n) is 4.96. The molecule has 0 bridgehead atoms. The van der Waals surface area contributed by atoms with Gasteiger partial charge >= 0.3 is 0 Å². The van der Waals surface area contributed by atoms with E-state index in [1.54, 1.807) is 6.07 Å². The van der Waals surface area contributed by atoms with E-state index >= 15 is 0 Å². The Morgan fingerprint density at radius 2 is 1.62 bits per heavy atom. The number of benzene rings is 2. The molecule has 0 fully saturated rings. The number of anilines is 1. The number of para-hydroxylation sites is 1. The van der Waals surface area contributed by atoms with E-state index < -0.39 is 6.10 Å². The molecule has 3 N–H and O–H groups in total. The van der Waals surface area contributed by atoms with Crippen molar-refractivity contribution >= 4 is 21.6 Å². The number of hydrogen-bond donors (Lipinski definition) is 2. The van der Waals surface area contributed by atoms with Crippen molar-refractivity contribution < 1.29 is 5.11 Å². The quantitative estimate of drug-likeness (QED) is 0.829. The number of nitrogen functional groups attached to an aromatic ring is 1. The zero-order valence-corrected chi connectivity index (χ0v) is 10.2. The summed E-state index contributed by atoms with van der Waals surface area (Å²) >= 11 is 3.36. The first kappa shape index (κ1) is 11.2. The molecule has 2 aromatic carbocycles. The molecule has 2 rings (SSSR count). The Labute approximate surface area is 103 Å². The lowest BCUT2D eigenvalue weighted by Gasteiger charge is -2.13. The van der Waals surface area contributed by atoms with E-state index in [-0.39, 0.29) is 0 Å². The Kier molecular flexibility index (Phi) is 3.27. The average Bonchev–Trinajstić information content (AvgIpc) is 2.30. The monoisotopic (exact) mass is 277 g/mol. The van der Waals surface area contributed by atoms with Gasteiger partial charge in [0.2, 0.25) is 0 Å². The molecule has 1 atom stereocenters. The summed E-state index contributed by atoms with van der Waals surface area (Å²) in [6.07, 6.45) is -0.672. The van der Waals surface area contributed by atoms with Crippen molar-refractivity contribution in [3.8, 4) is 0 Å². The third-order valence-electron chi connectivity index (χ3n) is 2.48. The molecule has 82 valence electrons. The Morgan fingerprint density at radius 1 is 1.00 bits per heavy atom. The lowest BCUT2D eigenvalue weighted by molar-refractivity contribution is 0.221. The molecule has 0 saturated carbocycles. The van der Waals surface area contributed by atoms with E-state index in [0.29, 0.717) is 5.69 Å². The maximum atomic E-state index is 10.2. The van der Waals surface area contributed by atoms with Gasteiger partial charge in [-0.25, -0.2) is 0 Å². The van der Waals surface area contributed by atoms with Gasteiger partial charge in [-0.3, -0.25) is 0 Å². The van der Waals surface area contributed by atoms with E-state index in [4.69, 9.17) is 5.73 Å². The smallest absolute Gasteiger partial charge is 0.106 e. The molecule has 2 aromatic rings. The Hall–Kier alpha value is -1.32. The van der Waals surface area contributed by atoms with Gasteiger partial charge in [-0.05, 0) is 23.8 Å². The highest BCUT2D eigenvalue weighted by atomic mass is 79.9. The van der Waals surface area contributed by atoms with Crippen LogP contribution in [0.1, 0.15) is 17.2 Å². The van der Waals surface area contributed by atoms with E-state index in [1.165, 1.54) is 0 Å². The van der Waals surface area contributed by atoms with Crippen molar-refractivity contribution in [2.75, 3.05) is 5.73 Å². The van der Waals surface area contributed by atoms with E-state index in [2.05, 4.69) is 15.9 Å². The highest BCUT2D eigenvalue weighted by Gasteiger charge is 2.12. The van der Waals surface area contributed by atoms with Crippen LogP contribution in [0.15, 0.2) is 53.0 Å². The molecule has 0 radical (unpaired) electrons. The minimum Gasteiger partial charge on any atom is -0.398 e. The van der Waals surface area contributed by atoms with Gasteiger partial charge in [0.15, 0.2) is 0 Å². The maximum Gasteiger partial charge on any atom is 0.106 e. The molecule has 0 amide bonds. The third kappa shape index (κ3) is 2.26. The standard InChI is InChI=1S/C13H12BrNO/c14-10-7-5-9(6-8-10)13(16)11-3-1-2-4-12(11)15/h1-8,13,16H,15H2. The predicted molar refractivity (Wildman–Crippen MR) is 69.1 cm³/mol. The largest absolute Gasteiger partial charge is 0.398 e. The second-order valence-corrected chi connectivity index (χ2v) is 4.50. The Balaban J connectivity index is 2.35. The number of halogens is 1. The molecule has 0 aromatic heterocycles. The number of hydrogen-bond acceptors (Lipinski definition) is 2. The van der Waals surface area contributed by atoms with Crippen molar-refractivity contribution in [3.05, 3.63) is 64.1 Å². The molecule has 16 heavy (non-hydrogen) atoms. The second kappa shape index (κ2) is 4.68. The third-order valence-corrected chi connectivity index (χ3v) is 3.01. The summed E-state index contributed by atoms with van der Waals surface area (Å²) < 4.78 is 0.990. The van der Waals surface area contributed by atoms with Gasteiger partial charge in [-0.15, -0.1) is 0 Å². The van der Waals surface area contributed by atoms with Gasteiger partial charge in [0.1, 0.15) is 6.10 Å². The van der Waals surface area contributed by atoms with Crippen molar-refractivity contribution in [3.63, 3.8) is 0 Å². The van der Waals surface area contributed by atoms with Crippen LogP contribution in [0.2, 0.25) is 0 Å². The first-order chi connectivity index (χ1) is 7.68. The molecule has 0 saturated heterocycles. The predicted octanol–water partition coefficient (Wildman–Crippen LogP) is 3.11. The van der Waals surface area contributed by atoms with Gasteiger partial charge in [0.25, 0.3) is 0 Å². The van der Waals surface area contributed by atoms with Crippen LogP contribution in [0.5, 0.6) is 0 Å². The number of nitrogens with two attached hydrogens (primary N) is 1. The van der Waals surface area contributed by atoms with E-state index in [1.807, 2.05) is 42.5 Å². The lowest BCUT2D eigenvalue weighted by atomic mass is 10.0. The minimum atomic E-state index is -0.672. The molecular weight excluding hydrogens is 266 g/mol. The highest BCUT2D eigenvalue weighted by molar-refractivity contribution is 9.10. The van der Waals surface area contributed by atoms with E-state index in [0.717, 1.165) is 15.6 Å². The van der Waals surface area contributed by atoms with Gasteiger partial charge in [0, 0.05) is 15.7 Å². The highest BCUT2D eigenvalue weighted by Crippen LogP contribution is 2.27. The molecule has 3 heteroatoms. The topological polar surface area (TPSA) is 46.2 Å². The van der Waals surface area contributed by atoms with Gasteiger partial charge in [-0.2, -0.15) is 0 Å². The fraction of sp³-hybridized carbons (Fsp3) is 0.0769. The van der Waals surface area contributed by atoms with Crippen LogP contribution >= 0.6 is 15.9 Å². The summed E-state index contributed by atoms with van der Waals surface area (Å²) in [7, 11) is 0. The SMILES string of the molecule is Nc1ccccc1C(O)c1ccc(Br)cc1. The van der Waals surface area contributed by atoms with Gasteiger partial charge in [0.05, 0.1) is 0 Å². The van der Waals surface area contributed by atoms with E-state index in [9.17, 15) is 5.11 Å². The summed E-state index contributed by atoms with van der Waals surface area (Å²) in [6.45, 7) is 0. The van der Waals surface area contributed by atoms with Crippen LogP contribution in [0.25, 0.3) is 0 Å². The molecule has 2 nitrogen and oxygen atoms in total. The molecule has 0 aliphatic carbocycles. The number of rotatable bonds is 2. The van der Waals surface area contributed by atoms with Gasteiger partial charge in [-0.1, -0.05) is 46.3 Å². The van der Waals surface area contributed by atoms with Crippen LogP contribution in [0, 0.1) is 0 Å². The summed E-state index contributed by atoms with van der Waals surface area (Å²) in [4.78, 5) is 0. The number of aliphatic hydroxyl groups excluding tert-OH is 1. The van der Waals surface area contributed by atoms with Gasteiger partial charge < -0.3 is 10.8 Å². The van der Waals surface area contributed by atoms with Crippen LogP contribution in [-0.4, -0.2) is 5.11 Å². The summed E-state index contributed by atoms with van der Waals surface area (Å²) in [5.41, 5.74) is 8.00. The van der Waals surface area contributed by atoms with Crippen LogP contribution in [0.4, 0.5) is 5.69 Å². The first-order valence-corrected chi connectivity index (χ1v) is 5.75. The summed E-state index contributed by atoms with van der Waals surface area (Å²) in [5, 5.41) is 10.2. The molecule has 0 aliphatic rings. The normalized spacial score (nSPS) is 12.4. The van der Waals surface area contributed by atoms with Crippen molar-refractivity contribution in [2.24, 2.45) is 0 Å². The lowest BCUT2D eigenvalue weighted by Crippen LogP contribution is -2.03.